The van der Waals surface area contributed by atoms with E-state index in [0.717, 1.165) is 47.6 Å². The van der Waals surface area contributed by atoms with Gasteiger partial charge in [-0.05, 0) is 13.8 Å². The highest BCUT2D eigenvalue weighted by molar-refractivity contribution is 7.11. The molecule has 2 atom stereocenters. The van der Waals surface area contributed by atoms with Crippen molar-refractivity contribution in [1.29, 1.82) is 0 Å². The highest BCUT2D eigenvalue weighted by atomic mass is 32.1. The van der Waals surface area contributed by atoms with Crippen LogP contribution in [-0.2, 0) is 11.2 Å². The first-order chi connectivity index (χ1) is 11.6. The smallest absolute Gasteiger partial charge is 0.227 e. The summed E-state index contributed by atoms with van der Waals surface area (Å²) in [6, 6.07) is 2.04. The summed E-state index contributed by atoms with van der Waals surface area (Å²) < 4.78 is 0. The second kappa shape index (κ2) is 6.12. The third kappa shape index (κ3) is 3.00. The molecule has 2 fully saturated rings. The van der Waals surface area contributed by atoms with E-state index in [1.807, 2.05) is 31.0 Å². The third-order valence-corrected chi connectivity index (χ3v) is 5.86. The summed E-state index contributed by atoms with van der Waals surface area (Å²) >= 11 is 1.61. The molecule has 0 spiro atoms. The second-order valence-electron chi connectivity index (χ2n) is 6.76. The first kappa shape index (κ1) is 15.5. The van der Waals surface area contributed by atoms with Crippen LogP contribution < -0.4 is 4.90 Å². The predicted octanol–water partition coefficient (Wildman–Crippen LogP) is 1.69. The Morgan fingerprint density at radius 1 is 1.17 bits per heavy atom. The summed E-state index contributed by atoms with van der Waals surface area (Å²) in [5, 5.41) is 1.02. The van der Waals surface area contributed by atoms with Crippen molar-refractivity contribution in [2.24, 2.45) is 11.8 Å². The third-order valence-electron chi connectivity index (χ3n) is 4.95. The van der Waals surface area contributed by atoms with Crippen molar-refractivity contribution in [3.05, 3.63) is 34.2 Å². The number of nitrogens with zero attached hydrogens (tertiary/aromatic N) is 5. The molecule has 2 aromatic rings. The molecule has 2 aromatic heterocycles. The topological polar surface area (TPSA) is 62.2 Å². The maximum atomic E-state index is 12.5. The first-order valence-electron chi connectivity index (χ1n) is 8.31. The lowest BCUT2D eigenvalue weighted by atomic mass is 10.0. The number of amides is 1. The summed E-state index contributed by atoms with van der Waals surface area (Å²) in [4.78, 5) is 30.7. The minimum Gasteiger partial charge on any atom is -0.356 e. The van der Waals surface area contributed by atoms with Crippen LogP contribution in [0.15, 0.2) is 18.6 Å². The molecule has 0 saturated carbocycles. The number of likely N-dealkylation sites (tertiary alicyclic amines) is 1. The molecular weight excluding hydrogens is 322 g/mol. The number of hydrogen-bond acceptors (Lipinski definition) is 6. The standard InChI is InChI=1S/C17H21N5OS/c1-11-3-16(20-10-19-11)21-6-13-8-22(9-14(13)7-21)17(23)4-15-5-18-12(2)24-15/h3,5,10,13-14H,4,6-9H2,1-2H3. The highest BCUT2D eigenvalue weighted by Crippen LogP contribution is 2.33. The van der Waals surface area contributed by atoms with Crippen LogP contribution in [0.2, 0.25) is 0 Å². The summed E-state index contributed by atoms with van der Waals surface area (Å²) in [7, 11) is 0. The first-order valence-corrected chi connectivity index (χ1v) is 9.13. The lowest BCUT2D eigenvalue weighted by Crippen LogP contribution is -2.34. The molecule has 2 aliphatic rings. The average molecular weight is 343 g/mol. The fourth-order valence-corrected chi connectivity index (χ4v) is 4.53. The van der Waals surface area contributed by atoms with Gasteiger partial charge in [-0.2, -0.15) is 0 Å². The van der Waals surface area contributed by atoms with Crippen molar-refractivity contribution >= 4 is 23.1 Å². The fourth-order valence-electron chi connectivity index (χ4n) is 3.75. The zero-order valence-corrected chi connectivity index (χ0v) is 14.8. The van der Waals surface area contributed by atoms with Gasteiger partial charge in [0.15, 0.2) is 0 Å². The zero-order chi connectivity index (χ0) is 16.7. The van der Waals surface area contributed by atoms with E-state index in [2.05, 4.69) is 19.9 Å². The van der Waals surface area contributed by atoms with E-state index in [0.29, 0.717) is 18.3 Å². The van der Waals surface area contributed by atoms with Crippen LogP contribution in [0.25, 0.3) is 0 Å². The minimum absolute atomic E-state index is 0.234. The predicted molar refractivity (Wildman–Crippen MR) is 93.1 cm³/mol. The monoisotopic (exact) mass is 343 g/mol. The van der Waals surface area contributed by atoms with Crippen LogP contribution in [0.4, 0.5) is 5.82 Å². The number of anilines is 1. The molecule has 0 N–H and O–H groups in total. The maximum absolute atomic E-state index is 12.5. The molecule has 4 heterocycles. The Labute approximate surface area is 145 Å². The number of carbonyl (C=O) groups excluding carboxylic acids is 1. The van der Waals surface area contributed by atoms with Gasteiger partial charge in [-0.25, -0.2) is 15.0 Å². The Morgan fingerprint density at radius 2 is 1.92 bits per heavy atom. The van der Waals surface area contributed by atoms with Gasteiger partial charge in [-0.3, -0.25) is 4.79 Å². The Hall–Kier alpha value is -2.02. The average Bonchev–Trinajstić information content (AvgIpc) is 3.21. The number of aromatic nitrogens is 3. The molecule has 2 aliphatic heterocycles. The van der Waals surface area contributed by atoms with E-state index in [4.69, 9.17) is 0 Å². The van der Waals surface area contributed by atoms with Gasteiger partial charge in [-0.15, -0.1) is 11.3 Å². The van der Waals surface area contributed by atoms with Crippen molar-refractivity contribution in [1.82, 2.24) is 19.9 Å². The van der Waals surface area contributed by atoms with Gasteiger partial charge in [0.1, 0.15) is 12.1 Å². The number of hydrogen-bond donors (Lipinski definition) is 0. The molecule has 0 radical (unpaired) electrons. The van der Waals surface area contributed by atoms with Gasteiger partial charge < -0.3 is 9.80 Å². The molecule has 0 bridgehead atoms. The fraction of sp³-hybridized carbons (Fsp3) is 0.529. The number of fused-ring (bicyclic) bond motifs is 1. The largest absolute Gasteiger partial charge is 0.356 e. The second-order valence-corrected chi connectivity index (χ2v) is 8.08. The Morgan fingerprint density at radius 3 is 2.54 bits per heavy atom. The van der Waals surface area contributed by atoms with E-state index < -0.39 is 0 Å². The Bertz CT molecular complexity index is 747. The quantitative estimate of drug-likeness (QED) is 0.849. The highest BCUT2D eigenvalue weighted by Gasteiger charge is 2.41. The van der Waals surface area contributed by atoms with E-state index in [-0.39, 0.29) is 5.91 Å². The molecule has 7 heteroatoms. The van der Waals surface area contributed by atoms with Gasteiger partial charge in [0.25, 0.3) is 0 Å². The number of aryl methyl sites for hydroxylation is 2. The van der Waals surface area contributed by atoms with Gasteiger partial charge in [0.05, 0.1) is 11.4 Å². The van der Waals surface area contributed by atoms with Crippen LogP contribution in [0.3, 0.4) is 0 Å². The zero-order valence-electron chi connectivity index (χ0n) is 14.0. The van der Waals surface area contributed by atoms with Crippen LogP contribution >= 0.6 is 11.3 Å². The van der Waals surface area contributed by atoms with Crippen molar-refractivity contribution in [3.63, 3.8) is 0 Å². The molecule has 4 rings (SSSR count). The lowest BCUT2D eigenvalue weighted by Gasteiger charge is -2.22. The van der Waals surface area contributed by atoms with Gasteiger partial charge in [0.2, 0.25) is 5.91 Å². The summed E-state index contributed by atoms with van der Waals surface area (Å²) in [5.41, 5.74) is 0.994. The number of carbonyl (C=O) groups is 1. The molecule has 1 amide bonds. The van der Waals surface area contributed by atoms with Crippen molar-refractivity contribution in [3.8, 4) is 0 Å². The molecule has 0 aromatic carbocycles. The van der Waals surface area contributed by atoms with Gasteiger partial charge >= 0.3 is 0 Å². The Kier molecular flexibility index (Phi) is 3.96. The number of thiazole rings is 1. The molecule has 2 saturated heterocycles. The van der Waals surface area contributed by atoms with Crippen LogP contribution in [0.1, 0.15) is 15.6 Å². The lowest BCUT2D eigenvalue weighted by molar-refractivity contribution is -0.129. The molecule has 126 valence electrons. The van der Waals surface area contributed by atoms with Crippen LogP contribution in [0, 0.1) is 25.7 Å². The Balaban J connectivity index is 1.36. The number of rotatable bonds is 3. The summed E-state index contributed by atoms with van der Waals surface area (Å²) in [5.74, 6) is 2.34. The van der Waals surface area contributed by atoms with E-state index in [1.165, 1.54) is 0 Å². The molecule has 0 aliphatic carbocycles. The summed E-state index contributed by atoms with van der Waals surface area (Å²) in [6.45, 7) is 7.64. The van der Waals surface area contributed by atoms with E-state index >= 15 is 0 Å². The van der Waals surface area contributed by atoms with E-state index in [1.54, 1.807) is 17.7 Å². The van der Waals surface area contributed by atoms with E-state index in [9.17, 15) is 4.79 Å². The van der Waals surface area contributed by atoms with Crippen LogP contribution in [0.5, 0.6) is 0 Å². The molecule has 6 nitrogen and oxygen atoms in total. The van der Waals surface area contributed by atoms with Gasteiger partial charge in [0, 0.05) is 60.8 Å². The molecule has 2 unspecified atom stereocenters. The normalized spacial score (nSPS) is 22.9. The molecular formula is C17H21N5OS. The van der Waals surface area contributed by atoms with Crippen molar-refractivity contribution in [2.75, 3.05) is 31.1 Å². The maximum Gasteiger partial charge on any atom is 0.227 e. The van der Waals surface area contributed by atoms with Crippen LogP contribution in [-0.4, -0.2) is 51.9 Å². The molecule has 24 heavy (non-hydrogen) atoms. The van der Waals surface area contributed by atoms with Gasteiger partial charge in [-0.1, -0.05) is 0 Å². The minimum atomic E-state index is 0.234. The SMILES string of the molecule is Cc1cc(N2CC3CN(C(=O)Cc4cnc(C)s4)CC3C2)ncn1. The van der Waals surface area contributed by atoms with Crippen molar-refractivity contribution < 1.29 is 4.79 Å². The summed E-state index contributed by atoms with van der Waals surface area (Å²) in [6.07, 6.45) is 3.94. The van der Waals surface area contributed by atoms with Crippen molar-refractivity contribution in [2.45, 2.75) is 20.3 Å².